The number of hydrogen-bond acceptors (Lipinski definition) is 3. The van der Waals surface area contributed by atoms with Gasteiger partial charge in [-0.2, -0.15) is 0 Å². The lowest BCUT2D eigenvalue weighted by Crippen LogP contribution is -2.46. The average Bonchev–Trinajstić information content (AvgIpc) is 2.27. The number of carbonyl (C=O) groups is 1. The molecule has 4 heteroatoms. The number of aromatic nitrogens is 1. The van der Waals surface area contributed by atoms with E-state index in [-0.39, 0.29) is 17.9 Å². The van der Waals surface area contributed by atoms with Gasteiger partial charge in [0.2, 0.25) is 5.91 Å². The van der Waals surface area contributed by atoms with Crippen molar-refractivity contribution in [2.75, 3.05) is 13.6 Å². The first-order valence-corrected chi connectivity index (χ1v) is 5.91. The Bertz CT molecular complexity index is 351. The fourth-order valence-electron chi connectivity index (χ4n) is 2.05. The van der Waals surface area contributed by atoms with E-state index in [2.05, 4.69) is 4.98 Å². The molecule has 1 heterocycles. The Morgan fingerprint density at radius 1 is 1.41 bits per heavy atom. The van der Waals surface area contributed by atoms with Gasteiger partial charge in [0.15, 0.2) is 0 Å². The molecule has 4 nitrogen and oxygen atoms in total. The molecule has 0 spiro atoms. The van der Waals surface area contributed by atoms with Crippen molar-refractivity contribution in [1.29, 1.82) is 0 Å². The molecule has 17 heavy (non-hydrogen) atoms. The monoisotopic (exact) mass is 235 g/mol. The summed E-state index contributed by atoms with van der Waals surface area (Å²) >= 11 is 0. The smallest absolute Gasteiger partial charge is 0.235 e. The van der Waals surface area contributed by atoms with E-state index in [0.717, 1.165) is 13.0 Å². The fraction of sp³-hybridized carbons (Fsp3) is 0.538. The highest BCUT2D eigenvalue weighted by Gasteiger charge is 2.23. The number of primary amides is 1. The standard InChI is InChI=1S/C13H21N3O/c1-10(2)12(13(14)17)16(3)9-6-11-4-7-15-8-5-11/h4-5,7-8,10,12H,6,9H2,1-3H3,(H2,14,17). The molecule has 0 saturated carbocycles. The van der Waals surface area contributed by atoms with E-state index in [1.807, 2.05) is 37.9 Å². The summed E-state index contributed by atoms with van der Waals surface area (Å²) in [5.74, 6) is -0.0211. The zero-order chi connectivity index (χ0) is 12.8. The maximum atomic E-state index is 11.4. The van der Waals surface area contributed by atoms with Crippen LogP contribution < -0.4 is 5.73 Å². The van der Waals surface area contributed by atoms with Gasteiger partial charge in [0.05, 0.1) is 6.04 Å². The number of rotatable bonds is 6. The molecular weight excluding hydrogens is 214 g/mol. The number of carbonyl (C=O) groups excluding carboxylic acids is 1. The predicted octanol–water partition coefficient (Wildman–Crippen LogP) is 1.07. The minimum Gasteiger partial charge on any atom is -0.368 e. The number of pyridine rings is 1. The molecule has 0 bridgehead atoms. The van der Waals surface area contributed by atoms with Crippen LogP contribution in [0.15, 0.2) is 24.5 Å². The summed E-state index contributed by atoms with van der Waals surface area (Å²) in [6, 6.07) is 3.78. The highest BCUT2D eigenvalue weighted by Crippen LogP contribution is 2.09. The topological polar surface area (TPSA) is 59.2 Å². The molecule has 1 amide bonds. The third-order valence-electron chi connectivity index (χ3n) is 2.90. The van der Waals surface area contributed by atoms with E-state index in [1.54, 1.807) is 12.4 Å². The van der Waals surface area contributed by atoms with Crippen molar-refractivity contribution in [3.63, 3.8) is 0 Å². The van der Waals surface area contributed by atoms with Crippen LogP contribution >= 0.6 is 0 Å². The van der Waals surface area contributed by atoms with E-state index in [1.165, 1.54) is 5.56 Å². The normalized spacial score (nSPS) is 13.0. The van der Waals surface area contributed by atoms with Gasteiger partial charge in [-0.1, -0.05) is 13.8 Å². The summed E-state index contributed by atoms with van der Waals surface area (Å²) in [4.78, 5) is 17.4. The van der Waals surface area contributed by atoms with Gasteiger partial charge in [0.1, 0.15) is 0 Å². The van der Waals surface area contributed by atoms with Crippen molar-refractivity contribution < 1.29 is 4.79 Å². The maximum Gasteiger partial charge on any atom is 0.235 e. The predicted molar refractivity (Wildman–Crippen MR) is 68.4 cm³/mol. The van der Waals surface area contributed by atoms with E-state index in [0.29, 0.717) is 0 Å². The molecule has 1 atom stereocenters. The summed E-state index contributed by atoms with van der Waals surface area (Å²) in [6.07, 6.45) is 4.46. The van der Waals surface area contributed by atoms with Crippen LogP contribution in [0.2, 0.25) is 0 Å². The quantitative estimate of drug-likeness (QED) is 0.802. The molecule has 1 aromatic rings. The summed E-state index contributed by atoms with van der Waals surface area (Å²) in [5.41, 5.74) is 6.64. The molecule has 0 aliphatic carbocycles. The molecule has 0 aliphatic rings. The Labute approximate surface area is 103 Å². The largest absolute Gasteiger partial charge is 0.368 e. The lowest BCUT2D eigenvalue weighted by atomic mass is 10.0. The zero-order valence-corrected chi connectivity index (χ0v) is 10.8. The van der Waals surface area contributed by atoms with E-state index in [9.17, 15) is 4.79 Å². The molecular formula is C13H21N3O. The third kappa shape index (κ3) is 4.15. The second-order valence-corrected chi connectivity index (χ2v) is 4.68. The summed E-state index contributed by atoms with van der Waals surface area (Å²) in [6.45, 7) is 4.84. The molecule has 0 aliphatic heterocycles. The Morgan fingerprint density at radius 2 is 2.00 bits per heavy atom. The molecule has 1 unspecified atom stereocenters. The second kappa shape index (κ2) is 6.35. The molecule has 0 radical (unpaired) electrons. The van der Waals surface area contributed by atoms with Crippen LogP contribution in [-0.2, 0) is 11.2 Å². The van der Waals surface area contributed by atoms with Crippen LogP contribution in [-0.4, -0.2) is 35.4 Å². The van der Waals surface area contributed by atoms with E-state index >= 15 is 0 Å². The Balaban J connectivity index is 2.53. The number of amides is 1. The first-order valence-electron chi connectivity index (χ1n) is 5.91. The first kappa shape index (κ1) is 13.6. The van der Waals surface area contributed by atoms with Crippen molar-refractivity contribution in [3.8, 4) is 0 Å². The lowest BCUT2D eigenvalue weighted by molar-refractivity contribution is -0.124. The number of likely N-dealkylation sites (N-methyl/N-ethyl adjacent to an activating group) is 1. The number of nitrogens with zero attached hydrogens (tertiary/aromatic N) is 2. The molecule has 94 valence electrons. The SMILES string of the molecule is CC(C)C(C(N)=O)N(C)CCc1ccncc1. The molecule has 2 N–H and O–H groups in total. The van der Waals surface area contributed by atoms with Crippen LogP contribution in [0.1, 0.15) is 19.4 Å². The van der Waals surface area contributed by atoms with Gasteiger partial charge in [-0.15, -0.1) is 0 Å². The second-order valence-electron chi connectivity index (χ2n) is 4.68. The van der Waals surface area contributed by atoms with E-state index < -0.39 is 0 Å². The third-order valence-corrected chi connectivity index (χ3v) is 2.90. The minimum atomic E-state index is -0.253. The Morgan fingerprint density at radius 3 is 2.47 bits per heavy atom. The lowest BCUT2D eigenvalue weighted by Gasteiger charge is -2.28. The Kier molecular flexibility index (Phi) is 5.10. The van der Waals surface area contributed by atoms with Crippen molar-refractivity contribution in [2.45, 2.75) is 26.3 Å². The van der Waals surface area contributed by atoms with E-state index in [4.69, 9.17) is 5.73 Å². The van der Waals surface area contributed by atoms with Crippen LogP contribution in [0.3, 0.4) is 0 Å². The van der Waals surface area contributed by atoms with Crippen molar-refractivity contribution in [1.82, 2.24) is 9.88 Å². The minimum absolute atomic E-state index is 0.197. The molecule has 0 aromatic carbocycles. The van der Waals surface area contributed by atoms with Crippen LogP contribution in [0.5, 0.6) is 0 Å². The van der Waals surface area contributed by atoms with Crippen molar-refractivity contribution in [3.05, 3.63) is 30.1 Å². The van der Waals surface area contributed by atoms with Crippen LogP contribution in [0.4, 0.5) is 0 Å². The van der Waals surface area contributed by atoms with Gasteiger partial charge in [-0.05, 0) is 37.1 Å². The summed E-state index contributed by atoms with van der Waals surface area (Å²) < 4.78 is 0. The highest BCUT2D eigenvalue weighted by atomic mass is 16.1. The molecule has 0 saturated heterocycles. The highest BCUT2D eigenvalue weighted by molar-refractivity contribution is 5.80. The van der Waals surface area contributed by atoms with Crippen molar-refractivity contribution in [2.24, 2.45) is 11.7 Å². The first-order chi connectivity index (χ1) is 8.02. The van der Waals surface area contributed by atoms with Gasteiger partial charge < -0.3 is 5.73 Å². The molecule has 1 rings (SSSR count). The van der Waals surface area contributed by atoms with Crippen LogP contribution in [0.25, 0.3) is 0 Å². The van der Waals surface area contributed by atoms with Gasteiger partial charge in [-0.3, -0.25) is 14.7 Å². The van der Waals surface area contributed by atoms with Gasteiger partial charge in [0, 0.05) is 18.9 Å². The summed E-state index contributed by atoms with van der Waals surface area (Å²) in [5, 5.41) is 0. The summed E-state index contributed by atoms with van der Waals surface area (Å²) in [7, 11) is 1.94. The zero-order valence-electron chi connectivity index (χ0n) is 10.8. The number of hydrogen-bond donors (Lipinski definition) is 1. The van der Waals surface area contributed by atoms with Crippen LogP contribution in [0, 0.1) is 5.92 Å². The number of nitrogens with two attached hydrogens (primary N) is 1. The van der Waals surface area contributed by atoms with Gasteiger partial charge >= 0.3 is 0 Å². The fourth-order valence-corrected chi connectivity index (χ4v) is 2.05. The van der Waals surface area contributed by atoms with Gasteiger partial charge in [-0.25, -0.2) is 0 Å². The maximum absolute atomic E-state index is 11.4. The molecule has 1 aromatic heterocycles. The van der Waals surface area contributed by atoms with Crippen molar-refractivity contribution >= 4 is 5.91 Å². The average molecular weight is 235 g/mol. The van der Waals surface area contributed by atoms with Gasteiger partial charge in [0.25, 0.3) is 0 Å². The Hall–Kier alpha value is -1.42. The molecule has 0 fully saturated rings.